The molecule has 0 amide bonds. The minimum absolute atomic E-state index is 0.219. The maximum absolute atomic E-state index is 6.06. The Kier molecular flexibility index (Phi) is 5.45. The van der Waals surface area contributed by atoms with Crippen LogP contribution in [0, 0.1) is 5.92 Å². The van der Waals surface area contributed by atoms with Crippen molar-refractivity contribution in [2.24, 2.45) is 11.8 Å². The van der Waals surface area contributed by atoms with E-state index >= 15 is 0 Å². The predicted molar refractivity (Wildman–Crippen MR) is 76.4 cm³/mol. The molecule has 1 aromatic carbocycles. The van der Waals surface area contributed by atoms with Crippen LogP contribution in [0.2, 0.25) is 5.02 Å². The third-order valence-corrected chi connectivity index (χ3v) is 3.97. The van der Waals surface area contributed by atoms with Gasteiger partial charge in [-0.05, 0) is 48.9 Å². The monoisotopic (exact) mass is 284 g/mol. The lowest BCUT2D eigenvalue weighted by molar-refractivity contribution is 0.0537. The molecular weight excluding hydrogens is 264 g/mol. The average Bonchev–Trinajstić information content (AvgIpc) is 2.46. The molecule has 19 heavy (non-hydrogen) atoms. The van der Waals surface area contributed by atoms with Crippen molar-refractivity contribution in [2.75, 3.05) is 20.3 Å². The standard InChI is InChI=1S/C14H21ClN2O2/c1-18-14-3-2-12(15)8-11(14)9-13(17-16)10-4-6-19-7-5-10/h2-3,8,10,13,17H,4-7,9,16H2,1H3. The summed E-state index contributed by atoms with van der Waals surface area (Å²) >= 11 is 6.06. The molecular formula is C14H21ClN2O2. The zero-order valence-corrected chi connectivity index (χ0v) is 12.0. The van der Waals surface area contributed by atoms with Gasteiger partial charge in [0, 0.05) is 24.3 Å². The highest BCUT2D eigenvalue weighted by molar-refractivity contribution is 6.30. The van der Waals surface area contributed by atoms with Gasteiger partial charge in [-0.3, -0.25) is 11.3 Å². The van der Waals surface area contributed by atoms with E-state index in [1.807, 2.05) is 18.2 Å². The van der Waals surface area contributed by atoms with Gasteiger partial charge < -0.3 is 9.47 Å². The molecule has 0 bridgehead atoms. The fourth-order valence-electron chi connectivity index (χ4n) is 2.62. The first-order chi connectivity index (χ1) is 9.24. The van der Waals surface area contributed by atoms with Crippen LogP contribution in [0.4, 0.5) is 0 Å². The van der Waals surface area contributed by atoms with Crippen LogP contribution in [-0.4, -0.2) is 26.4 Å². The molecule has 1 saturated heterocycles. The van der Waals surface area contributed by atoms with Crippen molar-refractivity contribution in [3.8, 4) is 5.75 Å². The van der Waals surface area contributed by atoms with Crippen molar-refractivity contribution >= 4 is 11.6 Å². The number of ether oxygens (including phenoxy) is 2. The second-order valence-corrected chi connectivity index (χ2v) is 5.32. The molecule has 1 heterocycles. The number of nitrogens with one attached hydrogen (secondary N) is 1. The summed E-state index contributed by atoms with van der Waals surface area (Å²) in [4.78, 5) is 0. The number of benzene rings is 1. The largest absolute Gasteiger partial charge is 0.496 e. The minimum atomic E-state index is 0.219. The van der Waals surface area contributed by atoms with Gasteiger partial charge >= 0.3 is 0 Å². The number of rotatable bonds is 5. The van der Waals surface area contributed by atoms with E-state index in [2.05, 4.69) is 5.43 Å². The highest BCUT2D eigenvalue weighted by atomic mass is 35.5. The Morgan fingerprint density at radius 1 is 1.47 bits per heavy atom. The Labute approximate surface area is 119 Å². The van der Waals surface area contributed by atoms with E-state index in [4.69, 9.17) is 26.9 Å². The second kappa shape index (κ2) is 7.10. The molecule has 0 radical (unpaired) electrons. The smallest absolute Gasteiger partial charge is 0.122 e. The second-order valence-electron chi connectivity index (χ2n) is 4.88. The Balaban J connectivity index is 2.10. The van der Waals surface area contributed by atoms with E-state index in [1.54, 1.807) is 7.11 Å². The predicted octanol–water partition coefficient (Wildman–Crippen LogP) is 2.15. The molecule has 0 aromatic heterocycles. The van der Waals surface area contributed by atoms with Crippen molar-refractivity contribution in [1.29, 1.82) is 0 Å². The quantitative estimate of drug-likeness (QED) is 0.643. The van der Waals surface area contributed by atoms with Gasteiger partial charge in [0.2, 0.25) is 0 Å². The molecule has 3 N–H and O–H groups in total. The summed E-state index contributed by atoms with van der Waals surface area (Å²) in [5.41, 5.74) is 4.02. The van der Waals surface area contributed by atoms with E-state index in [9.17, 15) is 0 Å². The van der Waals surface area contributed by atoms with Crippen molar-refractivity contribution in [3.63, 3.8) is 0 Å². The molecule has 1 unspecified atom stereocenters. The first-order valence-electron chi connectivity index (χ1n) is 6.61. The van der Waals surface area contributed by atoms with Crippen LogP contribution in [0.15, 0.2) is 18.2 Å². The molecule has 1 aromatic rings. The van der Waals surface area contributed by atoms with Crippen LogP contribution in [0.3, 0.4) is 0 Å². The Hall–Kier alpha value is -0.810. The topological polar surface area (TPSA) is 56.5 Å². The third-order valence-electron chi connectivity index (χ3n) is 3.73. The number of hydrogen-bond acceptors (Lipinski definition) is 4. The average molecular weight is 285 g/mol. The van der Waals surface area contributed by atoms with Gasteiger partial charge in [0.05, 0.1) is 7.11 Å². The lowest BCUT2D eigenvalue weighted by Crippen LogP contribution is -2.44. The number of methoxy groups -OCH3 is 1. The van der Waals surface area contributed by atoms with E-state index in [0.29, 0.717) is 5.92 Å². The summed E-state index contributed by atoms with van der Waals surface area (Å²) in [6.45, 7) is 1.63. The summed E-state index contributed by atoms with van der Waals surface area (Å²) < 4.78 is 10.8. The lowest BCUT2D eigenvalue weighted by Gasteiger charge is -2.30. The maximum Gasteiger partial charge on any atom is 0.122 e. The van der Waals surface area contributed by atoms with Gasteiger partial charge in [-0.25, -0.2) is 0 Å². The molecule has 1 aliphatic heterocycles. The summed E-state index contributed by atoms with van der Waals surface area (Å²) in [5.74, 6) is 7.10. The van der Waals surface area contributed by atoms with Crippen LogP contribution in [0.5, 0.6) is 5.75 Å². The number of nitrogens with two attached hydrogens (primary N) is 1. The zero-order valence-electron chi connectivity index (χ0n) is 11.2. The molecule has 1 atom stereocenters. The van der Waals surface area contributed by atoms with Crippen LogP contribution >= 0.6 is 11.6 Å². The van der Waals surface area contributed by atoms with Crippen molar-refractivity contribution in [3.05, 3.63) is 28.8 Å². The fourth-order valence-corrected chi connectivity index (χ4v) is 2.82. The van der Waals surface area contributed by atoms with Crippen molar-refractivity contribution < 1.29 is 9.47 Å². The summed E-state index contributed by atoms with van der Waals surface area (Å²) in [7, 11) is 1.67. The SMILES string of the molecule is COc1ccc(Cl)cc1CC(NN)C1CCOCC1. The Bertz CT molecular complexity index is 408. The van der Waals surface area contributed by atoms with Gasteiger partial charge in [0.1, 0.15) is 5.75 Å². The van der Waals surface area contributed by atoms with Gasteiger partial charge in [0.15, 0.2) is 0 Å². The van der Waals surface area contributed by atoms with E-state index in [-0.39, 0.29) is 6.04 Å². The Morgan fingerprint density at radius 3 is 2.84 bits per heavy atom. The molecule has 106 valence electrons. The highest BCUT2D eigenvalue weighted by Gasteiger charge is 2.24. The molecule has 2 rings (SSSR count). The molecule has 5 heteroatoms. The zero-order chi connectivity index (χ0) is 13.7. The molecule has 0 saturated carbocycles. The molecule has 0 aliphatic carbocycles. The van der Waals surface area contributed by atoms with Gasteiger partial charge in [-0.15, -0.1) is 0 Å². The van der Waals surface area contributed by atoms with Gasteiger partial charge in [-0.1, -0.05) is 11.6 Å². The van der Waals surface area contributed by atoms with Crippen molar-refractivity contribution in [2.45, 2.75) is 25.3 Å². The van der Waals surface area contributed by atoms with Gasteiger partial charge in [-0.2, -0.15) is 0 Å². The van der Waals surface area contributed by atoms with E-state index in [1.165, 1.54) is 0 Å². The van der Waals surface area contributed by atoms with Crippen LogP contribution < -0.4 is 16.0 Å². The molecule has 1 aliphatic rings. The van der Waals surface area contributed by atoms with Crippen LogP contribution in [0.1, 0.15) is 18.4 Å². The van der Waals surface area contributed by atoms with E-state index < -0.39 is 0 Å². The normalized spacial score (nSPS) is 18.3. The summed E-state index contributed by atoms with van der Waals surface area (Å²) in [5, 5.41) is 0.721. The number of hydrogen-bond donors (Lipinski definition) is 2. The fraction of sp³-hybridized carbons (Fsp3) is 0.571. The lowest BCUT2D eigenvalue weighted by atomic mass is 9.88. The van der Waals surface area contributed by atoms with E-state index in [0.717, 1.165) is 48.8 Å². The first-order valence-corrected chi connectivity index (χ1v) is 6.98. The van der Waals surface area contributed by atoms with Gasteiger partial charge in [0.25, 0.3) is 0 Å². The minimum Gasteiger partial charge on any atom is -0.496 e. The third kappa shape index (κ3) is 3.83. The molecule has 4 nitrogen and oxygen atoms in total. The molecule has 1 fully saturated rings. The first kappa shape index (κ1) is 14.6. The number of halogens is 1. The highest BCUT2D eigenvalue weighted by Crippen LogP contribution is 2.27. The summed E-state index contributed by atoms with van der Waals surface area (Å²) in [6.07, 6.45) is 2.89. The van der Waals surface area contributed by atoms with Crippen LogP contribution in [-0.2, 0) is 11.2 Å². The summed E-state index contributed by atoms with van der Waals surface area (Å²) in [6, 6.07) is 5.90. The van der Waals surface area contributed by atoms with Crippen LogP contribution in [0.25, 0.3) is 0 Å². The number of hydrazine groups is 1. The molecule has 0 spiro atoms. The van der Waals surface area contributed by atoms with Crippen molar-refractivity contribution in [1.82, 2.24) is 5.43 Å². The maximum atomic E-state index is 6.06. The Morgan fingerprint density at radius 2 is 2.21 bits per heavy atom.